The highest BCUT2D eigenvalue weighted by atomic mass is 16.1. The summed E-state index contributed by atoms with van der Waals surface area (Å²) in [6.07, 6.45) is 4.35. The largest absolute Gasteiger partial charge is 0.355 e. The first-order valence-corrected chi connectivity index (χ1v) is 7.59. The van der Waals surface area contributed by atoms with Gasteiger partial charge < -0.3 is 9.80 Å². The smallest absolute Gasteiger partial charge is 0.212 e. The van der Waals surface area contributed by atoms with E-state index in [9.17, 15) is 4.79 Å². The monoisotopic (exact) mass is 296 g/mol. The van der Waals surface area contributed by atoms with E-state index in [0.717, 1.165) is 38.4 Å². The second kappa shape index (κ2) is 6.66. The molecule has 0 bridgehead atoms. The van der Waals surface area contributed by atoms with Gasteiger partial charge >= 0.3 is 0 Å². The third kappa shape index (κ3) is 3.31. The first-order chi connectivity index (χ1) is 10.7. The maximum absolute atomic E-state index is 12.5. The van der Waals surface area contributed by atoms with Crippen molar-refractivity contribution >= 4 is 11.6 Å². The van der Waals surface area contributed by atoms with Gasteiger partial charge in [-0.3, -0.25) is 9.78 Å². The predicted molar refractivity (Wildman–Crippen MR) is 86.2 cm³/mol. The van der Waals surface area contributed by atoms with Gasteiger partial charge in [-0.25, -0.2) is 4.98 Å². The molecule has 1 fully saturated rings. The number of hydrogen-bond acceptors (Lipinski definition) is 5. The predicted octanol–water partition coefficient (Wildman–Crippen LogP) is 1.85. The zero-order valence-corrected chi connectivity index (χ0v) is 12.8. The molecule has 5 heteroatoms. The van der Waals surface area contributed by atoms with Crippen LogP contribution in [0.1, 0.15) is 22.5 Å². The summed E-state index contributed by atoms with van der Waals surface area (Å²) in [7, 11) is 2.14. The van der Waals surface area contributed by atoms with Crippen LogP contribution in [0.5, 0.6) is 0 Å². The first kappa shape index (κ1) is 14.7. The Morgan fingerprint density at radius 3 is 2.82 bits per heavy atom. The number of nitrogens with zero attached hydrogens (tertiary/aromatic N) is 4. The van der Waals surface area contributed by atoms with Crippen LogP contribution in [-0.4, -0.2) is 53.9 Å². The van der Waals surface area contributed by atoms with E-state index >= 15 is 0 Å². The molecule has 0 aromatic carbocycles. The van der Waals surface area contributed by atoms with Crippen LogP contribution in [0, 0.1) is 0 Å². The molecule has 5 nitrogen and oxygen atoms in total. The first-order valence-electron chi connectivity index (χ1n) is 7.59. The lowest BCUT2D eigenvalue weighted by Crippen LogP contribution is -2.29. The molecular formula is C17H20N4O. The van der Waals surface area contributed by atoms with Crippen LogP contribution in [0.25, 0.3) is 0 Å². The minimum Gasteiger partial charge on any atom is -0.355 e. The van der Waals surface area contributed by atoms with Crippen molar-refractivity contribution in [3.05, 3.63) is 54.0 Å². The molecule has 0 amide bonds. The molecule has 1 saturated heterocycles. The lowest BCUT2D eigenvalue weighted by molar-refractivity contribution is 0.103. The average Bonchev–Trinajstić information content (AvgIpc) is 2.80. The van der Waals surface area contributed by atoms with Gasteiger partial charge in [0.15, 0.2) is 0 Å². The number of anilines is 1. The molecule has 3 heterocycles. The molecular weight excluding hydrogens is 276 g/mol. The van der Waals surface area contributed by atoms with Crippen LogP contribution in [0.3, 0.4) is 0 Å². The van der Waals surface area contributed by atoms with E-state index in [-0.39, 0.29) is 5.78 Å². The summed E-state index contributed by atoms with van der Waals surface area (Å²) in [4.78, 5) is 25.6. The van der Waals surface area contributed by atoms with Gasteiger partial charge in [0.1, 0.15) is 11.5 Å². The number of ketones is 1. The number of carbonyl (C=O) groups excluding carboxylic acids is 1. The van der Waals surface area contributed by atoms with Crippen molar-refractivity contribution in [2.75, 3.05) is 38.1 Å². The van der Waals surface area contributed by atoms with Crippen molar-refractivity contribution < 1.29 is 4.79 Å². The molecule has 0 N–H and O–H groups in total. The molecule has 114 valence electrons. The Morgan fingerprint density at radius 1 is 1.09 bits per heavy atom. The summed E-state index contributed by atoms with van der Waals surface area (Å²) in [6.45, 7) is 4.03. The minimum absolute atomic E-state index is 0.0816. The van der Waals surface area contributed by atoms with Crippen LogP contribution < -0.4 is 4.90 Å². The van der Waals surface area contributed by atoms with E-state index in [0.29, 0.717) is 11.3 Å². The minimum atomic E-state index is -0.0816. The fraction of sp³-hybridized carbons (Fsp3) is 0.353. The van der Waals surface area contributed by atoms with E-state index < -0.39 is 0 Å². The summed E-state index contributed by atoms with van der Waals surface area (Å²) in [5.74, 6) is 0.798. The van der Waals surface area contributed by atoms with Crippen LogP contribution in [0.2, 0.25) is 0 Å². The maximum Gasteiger partial charge on any atom is 0.212 e. The van der Waals surface area contributed by atoms with E-state index in [4.69, 9.17) is 0 Å². The molecule has 1 aliphatic rings. The Kier molecular flexibility index (Phi) is 4.44. The van der Waals surface area contributed by atoms with Gasteiger partial charge in [-0.05, 0) is 44.3 Å². The summed E-state index contributed by atoms with van der Waals surface area (Å²) in [5.41, 5.74) is 1.05. The molecule has 0 radical (unpaired) electrons. The molecule has 2 aromatic rings. The average molecular weight is 296 g/mol. The van der Waals surface area contributed by atoms with Crippen molar-refractivity contribution in [1.29, 1.82) is 0 Å². The van der Waals surface area contributed by atoms with E-state index in [2.05, 4.69) is 26.8 Å². The second-order valence-electron chi connectivity index (χ2n) is 5.60. The van der Waals surface area contributed by atoms with Gasteiger partial charge in [-0.2, -0.15) is 0 Å². The Balaban J connectivity index is 1.82. The maximum atomic E-state index is 12.5. The van der Waals surface area contributed by atoms with Gasteiger partial charge in [-0.1, -0.05) is 6.07 Å². The SMILES string of the molecule is CN1CCCN(c2cccc(C(=O)c3cccnc3)n2)CC1. The van der Waals surface area contributed by atoms with Crippen molar-refractivity contribution in [3.63, 3.8) is 0 Å². The molecule has 0 atom stereocenters. The number of carbonyl (C=O) groups is 1. The second-order valence-corrected chi connectivity index (χ2v) is 5.60. The summed E-state index contributed by atoms with van der Waals surface area (Å²) >= 11 is 0. The highest BCUT2D eigenvalue weighted by Crippen LogP contribution is 2.16. The molecule has 22 heavy (non-hydrogen) atoms. The lowest BCUT2D eigenvalue weighted by Gasteiger charge is -2.21. The number of pyridine rings is 2. The van der Waals surface area contributed by atoms with Crippen LogP contribution in [0.15, 0.2) is 42.7 Å². The van der Waals surface area contributed by atoms with Crippen LogP contribution in [-0.2, 0) is 0 Å². The van der Waals surface area contributed by atoms with Crippen molar-refractivity contribution in [1.82, 2.24) is 14.9 Å². The quantitative estimate of drug-likeness (QED) is 0.809. The standard InChI is InChI=1S/C17H20N4O/c1-20-9-4-10-21(12-11-20)16-7-2-6-15(19-16)17(22)14-5-3-8-18-13-14/h2-3,5-8,13H,4,9-12H2,1H3. The third-order valence-corrected chi connectivity index (χ3v) is 3.93. The van der Waals surface area contributed by atoms with E-state index in [1.807, 2.05) is 12.1 Å². The van der Waals surface area contributed by atoms with E-state index in [1.165, 1.54) is 0 Å². The summed E-state index contributed by atoms with van der Waals surface area (Å²) in [6, 6.07) is 9.18. The van der Waals surface area contributed by atoms with Crippen LogP contribution >= 0.6 is 0 Å². The Morgan fingerprint density at radius 2 is 2.00 bits per heavy atom. The molecule has 1 aliphatic heterocycles. The number of likely N-dealkylation sites (N-methyl/N-ethyl adjacent to an activating group) is 1. The molecule has 0 aliphatic carbocycles. The molecule has 0 unspecified atom stereocenters. The Hall–Kier alpha value is -2.27. The lowest BCUT2D eigenvalue weighted by atomic mass is 10.1. The van der Waals surface area contributed by atoms with Gasteiger partial charge in [0.05, 0.1) is 0 Å². The number of hydrogen-bond donors (Lipinski definition) is 0. The summed E-state index contributed by atoms with van der Waals surface area (Å²) in [5, 5.41) is 0. The van der Waals surface area contributed by atoms with Crippen molar-refractivity contribution in [2.45, 2.75) is 6.42 Å². The third-order valence-electron chi connectivity index (χ3n) is 3.93. The van der Waals surface area contributed by atoms with Gasteiger partial charge in [-0.15, -0.1) is 0 Å². The number of rotatable bonds is 3. The fourth-order valence-electron chi connectivity index (χ4n) is 2.65. The van der Waals surface area contributed by atoms with Crippen LogP contribution in [0.4, 0.5) is 5.82 Å². The molecule has 3 rings (SSSR count). The Bertz CT molecular complexity index is 644. The molecule has 0 spiro atoms. The van der Waals surface area contributed by atoms with Gasteiger partial charge in [0.2, 0.25) is 5.78 Å². The van der Waals surface area contributed by atoms with E-state index in [1.54, 1.807) is 30.6 Å². The van der Waals surface area contributed by atoms with Crippen molar-refractivity contribution in [3.8, 4) is 0 Å². The fourth-order valence-corrected chi connectivity index (χ4v) is 2.65. The zero-order chi connectivity index (χ0) is 15.4. The number of aromatic nitrogens is 2. The zero-order valence-electron chi connectivity index (χ0n) is 12.8. The molecule has 2 aromatic heterocycles. The topological polar surface area (TPSA) is 49.3 Å². The van der Waals surface area contributed by atoms with Gasteiger partial charge in [0.25, 0.3) is 0 Å². The van der Waals surface area contributed by atoms with Gasteiger partial charge in [0, 0.05) is 37.6 Å². The summed E-state index contributed by atoms with van der Waals surface area (Å²) < 4.78 is 0. The molecule has 0 saturated carbocycles. The normalized spacial score (nSPS) is 16.3. The highest BCUT2D eigenvalue weighted by Gasteiger charge is 2.16. The highest BCUT2D eigenvalue weighted by molar-refractivity contribution is 6.07. The van der Waals surface area contributed by atoms with Crippen molar-refractivity contribution in [2.24, 2.45) is 0 Å². The Labute approximate surface area is 130 Å².